The lowest BCUT2D eigenvalue weighted by molar-refractivity contribution is -0.131. The molecular formula is C16H15NO2. The Bertz CT molecular complexity index is 620. The number of carbonyl (C=O) groups is 1. The minimum absolute atomic E-state index is 0.0580. The van der Waals surface area contributed by atoms with Gasteiger partial charge in [-0.25, -0.2) is 0 Å². The van der Waals surface area contributed by atoms with Crippen molar-refractivity contribution < 1.29 is 9.53 Å². The van der Waals surface area contributed by atoms with Crippen molar-refractivity contribution in [3.63, 3.8) is 0 Å². The number of nitrogens with zero attached hydrogens (tertiary/aromatic N) is 1. The highest BCUT2D eigenvalue weighted by Gasteiger charge is 2.41. The number of para-hydroxylation sites is 3. The van der Waals surface area contributed by atoms with Crippen LogP contribution >= 0.6 is 0 Å². The van der Waals surface area contributed by atoms with Crippen molar-refractivity contribution >= 4 is 17.3 Å². The predicted molar refractivity (Wildman–Crippen MR) is 74.7 cm³/mol. The van der Waals surface area contributed by atoms with Crippen LogP contribution in [0.15, 0.2) is 54.6 Å². The van der Waals surface area contributed by atoms with Gasteiger partial charge in [0.25, 0.3) is 5.91 Å². The fraction of sp³-hybridized carbons (Fsp3) is 0.188. The summed E-state index contributed by atoms with van der Waals surface area (Å²) < 4.78 is 5.79. The highest BCUT2D eigenvalue weighted by molar-refractivity contribution is 6.07. The maximum atomic E-state index is 12.6. The number of hydrogen-bond donors (Lipinski definition) is 0. The van der Waals surface area contributed by atoms with E-state index in [0.717, 1.165) is 17.1 Å². The summed E-state index contributed by atoms with van der Waals surface area (Å²) in [5, 5.41) is 0. The fourth-order valence-electron chi connectivity index (χ4n) is 2.26. The second-order valence-corrected chi connectivity index (χ2v) is 5.06. The van der Waals surface area contributed by atoms with E-state index >= 15 is 0 Å². The molecule has 96 valence electrons. The van der Waals surface area contributed by atoms with Crippen molar-refractivity contribution in [3.05, 3.63) is 54.6 Å². The van der Waals surface area contributed by atoms with Crippen LogP contribution in [0.4, 0.5) is 11.4 Å². The predicted octanol–water partition coefficient (Wildman–Crippen LogP) is 3.52. The quantitative estimate of drug-likeness (QED) is 0.778. The van der Waals surface area contributed by atoms with Gasteiger partial charge in [0, 0.05) is 5.69 Å². The van der Waals surface area contributed by atoms with Crippen LogP contribution in [0.1, 0.15) is 13.8 Å². The van der Waals surface area contributed by atoms with Crippen molar-refractivity contribution in [1.82, 2.24) is 0 Å². The SMILES string of the molecule is CC1(C)Oc2ccccc2N(c2ccccc2)C1=O. The molecule has 0 aliphatic carbocycles. The van der Waals surface area contributed by atoms with Crippen LogP contribution in [0, 0.1) is 0 Å². The molecule has 1 aliphatic rings. The van der Waals surface area contributed by atoms with Gasteiger partial charge in [-0.1, -0.05) is 30.3 Å². The minimum Gasteiger partial charge on any atom is -0.476 e. The van der Waals surface area contributed by atoms with Gasteiger partial charge in [0.15, 0.2) is 5.60 Å². The maximum Gasteiger partial charge on any atom is 0.275 e. The zero-order chi connectivity index (χ0) is 13.5. The molecule has 0 atom stereocenters. The molecule has 3 rings (SSSR count). The van der Waals surface area contributed by atoms with Gasteiger partial charge in [0.05, 0.1) is 5.69 Å². The molecule has 0 saturated heterocycles. The van der Waals surface area contributed by atoms with Crippen molar-refractivity contribution in [2.24, 2.45) is 0 Å². The molecule has 0 fully saturated rings. The third kappa shape index (κ3) is 1.87. The molecule has 0 bridgehead atoms. The third-order valence-corrected chi connectivity index (χ3v) is 3.20. The largest absolute Gasteiger partial charge is 0.476 e. The molecule has 1 amide bonds. The Morgan fingerprint density at radius 1 is 0.947 bits per heavy atom. The zero-order valence-corrected chi connectivity index (χ0v) is 11.0. The summed E-state index contributed by atoms with van der Waals surface area (Å²) in [5.74, 6) is 0.674. The summed E-state index contributed by atoms with van der Waals surface area (Å²) in [6.45, 7) is 3.59. The van der Waals surface area contributed by atoms with Gasteiger partial charge in [-0.2, -0.15) is 0 Å². The molecule has 1 aliphatic heterocycles. The Labute approximate surface area is 112 Å². The van der Waals surface area contributed by atoms with E-state index in [1.165, 1.54) is 0 Å². The normalized spacial score (nSPS) is 16.7. The number of hydrogen-bond acceptors (Lipinski definition) is 2. The van der Waals surface area contributed by atoms with Crippen LogP contribution in [-0.4, -0.2) is 11.5 Å². The van der Waals surface area contributed by atoms with Crippen molar-refractivity contribution in [2.45, 2.75) is 19.4 Å². The van der Waals surface area contributed by atoms with Crippen molar-refractivity contribution in [1.29, 1.82) is 0 Å². The molecule has 0 spiro atoms. The average Bonchev–Trinajstić information content (AvgIpc) is 2.41. The van der Waals surface area contributed by atoms with Crippen LogP contribution in [0.2, 0.25) is 0 Å². The highest BCUT2D eigenvalue weighted by atomic mass is 16.5. The van der Waals surface area contributed by atoms with Crippen LogP contribution in [0.5, 0.6) is 5.75 Å². The van der Waals surface area contributed by atoms with Crippen LogP contribution in [-0.2, 0) is 4.79 Å². The Kier molecular flexibility index (Phi) is 2.56. The first kappa shape index (κ1) is 11.8. The fourth-order valence-corrected chi connectivity index (χ4v) is 2.26. The van der Waals surface area contributed by atoms with Gasteiger partial charge < -0.3 is 4.74 Å². The first-order valence-corrected chi connectivity index (χ1v) is 6.27. The summed E-state index contributed by atoms with van der Waals surface area (Å²) in [5.41, 5.74) is 0.791. The second-order valence-electron chi connectivity index (χ2n) is 5.06. The lowest BCUT2D eigenvalue weighted by Crippen LogP contribution is -2.50. The smallest absolute Gasteiger partial charge is 0.275 e. The average molecular weight is 253 g/mol. The number of rotatable bonds is 1. The first-order chi connectivity index (χ1) is 9.09. The summed E-state index contributed by atoms with van der Waals surface area (Å²) in [6, 6.07) is 17.2. The Morgan fingerprint density at radius 2 is 1.58 bits per heavy atom. The topological polar surface area (TPSA) is 29.5 Å². The second kappa shape index (κ2) is 4.12. The molecule has 0 radical (unpaired) electrons. The van der Waals surface area contributed by atoms with Crippen molar-refractivity contribution in [2.75, 3.05) is 4.90 Å². The molecule has 2 aromatic carbocycles. The summed E-state index contributed by atoms with van der Waals surface area (Å²) in [6.07, 6.45) is 0. The van der Waals surface area contributed by atoms with Gasteiger partial charge in [-0.05, 0) is 38.1 Å². The molecule has 3 nitrogen and oxygen atoms in total. The first-order valence-electron chi connectivity index (χ1n) is 6.27. The van der Waals surface area contributed by atoms with E-state index in [4.69, 9.17) is 4.74 Å². The molecule has 1 heterocycles. The number of carbonyl (C=O) groups excluding carboxylic acids is 1. The molecule has 0 unspecified atom stereocenters. The van der Waals surface area contributed by atoms with Gasteiger partial charge in [0.2, 0.25) is 0 Å². The molecule has 0 aromatic heterocycles. The molecule has 3 heteroatoms. The highest BCUT2D eigenvalue weighted by Crippen LogP contribution is 2.41. The van der Waals surface area contributed by atoms with Gasteiger partial charge in [0.1, 0.15) is 5.75 Å². The van der Waals surface area contributed by atoms with Crippen LogP contribution < -0.4 is 9.64 Å². The summed E-state index contributed by atoms with van der Waals surface area (Å²) >= 11 is 0. The number of anilines is 2. The van der Waals surface area contributed by atoms with Gasteiger partial charge >= 0.3 is 0 Å². The van der Waals surface area contributed by atoms with E-state index in [-0.39, 0.29) is 5.91 Å². The summed E-state index contributed by atoms with van der Waals surface area (Å²) in [7, 11) is 0. The van der Waals surface area contributed by atoms with E-state index < -0.39 is 5.60 Å². The number of fused-ring (bicyclic) bond motifs is 1. The zero-order valence-electron chi connectivity index (χ0n) is 11.0. The molecule has 2 aromatic rings. The molecule has 0 N–H and O–H groups in total. The van der Waals surface area contributed by atoms with Gasteiger partial charge in [-0.3, -0.25) is 9.69 Å². The van der Waals surface area contributed by atoms with E-state index in [2.05, 4.69) is 0 Å². The Balaban J connectivity index is 2.19. The molecule has 19 heavy (non-hydrogen) atoms. The van der Waals surface area contributed by atoms with Crippen molar-refractivity contribution in [3.8, 4) is 5.75 Å². The molecule has 0 saturated carbocycles. The monoisotopic (exact) mass is 253 g/mol. The van der Waals surface area contributed by atoms with E-state index in [1.54, 1.807) is 18.7 Å². The van der Waals surface area contributed by atoms with E-state index in [0.29, 0.717) is 0 Å². The Hall–Kier alpha value is -2.29. The van der Waals surface area contributed by atoms with Crippen LogP contribution in [0.25, 0.3) is 0 Å². The Morgan fingerprint density at radius 3 is 2.32 bits per heavy atom. The van der Waals surface area contributed by atoms with Gasteiger partial charge in [-0.15, -0.1) is 0 Å². The molecular weight excluding hydrogens is 238 g/mol. The lowest BCUT2D eigenvalue weighted by Gasteiger charge is -2.38. The number of benzene rings is 2. The van der Waals surface area contributed by atoms with Crippen LogP contribution in [0.3, 0.4) is 0 Å². The van der Waals surface area contributed by atoms with E-state index in [9.17, 15) is 4.79 Å². The summed E-state index contributed by atoms with van der Waals surface area (Å²) in [4.78, 5) is 14.3. The number of amides is 1. The standard InChI is InChI=1S/C16H15NO2/c1-16(2)15(18)17(12-8-4-3-5-9-12)13-10-6-7-11-14(13)19-16/h3-11H,1-2H3. The number of ether oxygens (including phenoxy) is 1. The maximum absolute atomic E-state index is 12.6. The lowest BCUT2D eigenvalue weighted by atomic mass is 10.0. The van der Waals surface area contributed by atoms with E-state index in [1.807, 2.05) is 54.6 Å². The minimum atomic E-state index is -0.857. The third-order valence-electron chi connectivity index (χ3n) is 3.20.